The highest BCUT2D eigenvalue weighted by molar-refractivity contribution is 7.71. The summed E-state index contributed by atoms with van der Waals surface area (Å²) in [6, 6.07) is 8.09. The standard InChI is InChI=1S/C10H12NO6P/c1-15-18(14,16-2)10(13)11-9(12)17-8-6-4-3-5-7-8/h3-7H,1-2H3,(H,11,12,13). The summed E-state index contributed by atoms with van der Waals surface area (Å²) < 4.78 is 25.2. The Morgan fingerprint density at radius 2 is 1.67 bits per heavy atom. The van der Waals surface area contributed by atoms with Gasteiger partial charge in [-0.1, -0.05) is 18.2 Å². The summed E-state index contributed by atoms with van der Waals surface area (Å²) in [6.07, 6.45) is -1.07. The lowest BCUT2D eigenvalue weighted by atomic mass is 10.3. The van der Waals surface area contributed by atoms with Crippen molar-refractivity contribution >= 4 is 19.3 Å². The molecule has 0 aliphatic carbocycles. The normalized spacial score (nSPS) is 10.8. The molecule has 18 heavy (non-hydrogen) atoms. The van der Waals surface area contributed by atoms with Crippen molar-refractivity contribution in [3.05, 3.63) is 30.3 Å². The molecule has 8 heteroatoms. The molecule has 1 N–H and O–H groups in total. The summed E-state index contributed by atoms with van der Waals surface area (Å²) in [4.78, 5) is 22.7. The van der Waals surface area contributed by atoms with Gasteiger partial charge in [-0.3, -0.25) is 10.1 Å². The summed E-state index contributed by atoms with van der Waals surface area (Å²) in [7, 11) is -1.91. The topological polar surface area (TPSA) is 90.9 Å². The van der Waals surface area contributed by atoms with Gasteiger partial charge in [0.1, 0.15) is 5.75 Å². The summed E-state index contributed by atoms with van der Waals surface area (Å²) in [5, 5.41) is 1.76. The lowest BCUT2D eigenvalue weighted by Crippen LogP contribution is -2.32. The van der Waals surface area contributed by atoms with Crippen molar-refractivity contribution in [2.75, 3.05) is 14.2 Å². The molecule has 0 heterocycles. The second-order valence-corrected chi connectivity index (χ2v) is 5.13. The Morgan fingerprint density at radius 1 is 1.11 bits per heavy atom. The Hall–Kier alpha value is -1.69. The van der Waals surface area contributed by atoms with Crippen LogP contribution in [0.2, 0.25) is 0 Å². The number of para-hydroxylation sites is 1. The van der Waals surface area contributed by atoms with Gasteiger partial charge in [-0.15, -0.1) is 0 Å². The number of nitrogens with one attached hydrogen (secondary N) is 1. The van der Waals surface area contributed by atoms with E-state index in [0.717, 1.165) is 14.2 Å². The Kier molecular flexibility index (Phi) is 5.03. The van der Waals surface area contributed by atoms with Crippen molar-refractivity contribution in [3.63, 3.8) is 0 Å². The molecular weight excluding hydrogens is 261 g/mol. The highest BCUT2D eigenvalue weighted by Gasteiger charge is 2.34. The minimum atomic E-state index is -3.98. The van der Waals surface area contributed by atoms with Crippen LogP contribution in [0.25, 0.3) is 0 Å². The maximum absolute atomic E-state index is 11.6. The number of carbonyl (C=O) groups is 2. The van der Waals surface area contributed by atoms with Crippen LogP contribution in [0.3, 0.4) is 0 Å². The van der Waals surface area contributed by atoms with Crippen molar-refractivity contribution < 1.29 is 27.9 Å². The zero-order valence-electron chi connectivity index (χ0n) is 9.78. The van der Waals surface area contributed by atoms with Gasteiger partial charge in [0.15, 0.2) is 0 Å². The first-order valence-corrected chi connectivity index (χ1v) is 6.36. The van der Waals surface area contributed by atoms with E-state index in [0.29, 0.717) is 0 Å². The second-order valence-electron chi connectivity index (χ2n) is 3.00. The highest BCUT2D eigenvalue weighted by atomic mass is 31.2. The number of rotatable bonds is 4. The molecular formula is C10H12NO6P. The first-order chi connectivity index (χ1) is 8.51. The zero-order valence-corrected chi connectivity index (χ0v) is 10.7. The quantitative estimate of drug-likeness (QED) is 0.847. The Bertz CT molecular complexity index is 467. The third-order valence-corrected chi connectivity index (χ3v) is 3.46. The van der Waals surface area contributed by atoms with E-state index in [9.17, 15) is 14.2 Å². The van der Waals surface area contributed by atoms with Crippen LogP contribution in [-0.4, -0.2) is 26.0 Å². The van der Waals surface area contributed by atoms with Gasteiger partial charge >= 0.3 is 19.3 Å². The van der Waals surface area contributed by atoms with Crippen molar-refractivity contribution in [2.24, 2.45) is 0 Å². The van der Waals surface area contributed by atoms with Gasteiger partial charge in [-0.25, -0.2) is 9.36 Å². The molecule has 0 saturated carbocycles. The molecule has 1 rings (SSSR count). The van der Waals surface area contributed by atoms with Gasteiger partial charge in [-0.05, 0) is 12.1 Å². The molecule has 0 aromatic heterocycles. The molecule has 0 unspecified atom stereocenters. The summed E-state index contributed by atoms with van der Waals surface area (Å²) in [5.41, 5.74) is -1.19. The van der Waals surface area contributed by atoms with Crippen molar-refractivity contribution in [3.8, 4) is 5.75 Å². The largest absolute Gasteiger partial charge is 0.419 e. The van der Waals surface area contributed by atoms with Gasteiger partial charge in [0.25, 0.3) is 0 Å². The molecule has 0 fully saturated rings. The van der Waals surface area contributed by atoms with Crippen LogP contribution in [0, 0.1) is 0 Å². The Morgan fingerprint density at radius 3 is 2.17 bits per heavy atom. The summed E-state index contributed by atoms with van der Waals surface area (Å²) in [5.74, 6) is 0.243. The summed E-state index contributed by atoms with van der Waals surface area (Å²) in [6.45, 7) is 0. The number of carbonyl (C=O) groups excluding carboxylic acids is 2. The maximum atomic E-state index is 11.6. The fourth-order valence-electron chi connectivity index (χ4n) is 1.02. The van der Waals surface area contributed by atoms with E-state index in [1.165, 1.54) is 12.1 Å². The van der Waals surface area contributed by atoms with Crippen LogP contribution in [0.15, 0.2) is 30.3 Å². The van der Waals surface area contributed by atoms with Crippen LogP contribution >= 0.6 is 7.60 Å². The minimum absolute atomic E-state index is 0.243. The van der Waals surface area contributed by atoms with Crippen LogP contribution < -0.4 is 10.1 Å². The molecule has 0 aliphatic rings. The predicted molar refractivity (Wildman–Crippen MR) is 62.6 cm³/mol. The van der Waals surface area contributed by atoms with Crippen LogP contribution in [-0.2, 0) is 13.6 Å². The fourth-order valence-corrected chi connectivity index (χ4v) is 1.73. The number of imide groups is 1. The average Bonchev–Trinajstić information content (AvgIpc) is 2.38. The smallest absolute Gasteiger partial charge is 0.410 e. The molecule has 0 bridgehead atoms. The van der Waals surface area contributed by atoms with Gasteiger partial charge in [0.05, 0.1) is 0 Å². The molecule has 0 aliphatic heterocycles. The van der Waals surface area contributed by atoms with E-state index >= 15 is 0 Å². The number of ether oxygens (including phenoxy) is 1. The number of hydrogen-bond acceptors (Lipinski definition) is 6. The molecule has 0 saturated heterocycles. The predicted octanol–water partition coefficient (Wildman–Crippen LogP) is 2.38. The Balaban J connectivity index is 2.61. The van der Waals surface area contributed by atoms with E-state index < -0.39 is 19.3 Å². The van der Waals surface area contributed by atoms with Crippen LogP contribution in [0.4, 0.5) is 9.59 Å². The maximum Gasteiger partial charge on any atom is 0.419 e. The molecule has 1 aromatic rings. The molecule has 7 nitrogen and oxygen atoms in total. The number of amides is 2. The number of hydrogen-bond donors (Lipinski definition) is 1. The summed E-state index contributed by atoms with van der Waals surface area (Å²) >= 11 is 0. The average molecular weight is 273 g/mol. The van der Waals surface area contributed by atoms with Gasteiger partial charge in [0, 0.05) is 14.2 Å². The molecule has 2 amide bonds. The first kappa shape index (κ1) is 14.4. The third kappa shape index (κ3) is 3.66. The molecule has 98 valence electrons. The lowest BCUT2D eigenvalue weighted by molar-refractivity contribution is 0.197. The van der Waals surface area contributed by atoms with Gasteiger partial charge in [0.2, 0.25) is 0 Å². The van der Waals surface area contributed by atoms with E-state index in [-0.39, 0.29) is 5.75 Å². The minimum Gasteiger partial charge on any atom is -0.410 e. The monoisotopic (exact) mass is 273 g/mol. The van der Waals surface area contributed by atoms with Crippen molar-refractivity contribution in [2.45, 2.75) is 0 Å². The van der Waals surface area contributed by atoms with Gasteiger partial charge < -0.3 is 13.8 Å². The third-order valence-electron chi connectivity index (χ3n) is 1.89. The number of benzene rings is 1. The second kappa shape index (κ2) is 6.30. The molecule has 0 spiro atoms. The first-order valence-electron chi connectivity index (χ1n) is 4.82. The molecule has 0 atom stereocenters. The SMILES string of the molecule is COP(=O)(OC)C(=O)NC(=O)Oc1ccccc1. The van der Waals surface area contributed by atoms with E-state index in [1.807, 2.05) is 0 Å². The molecule has 1 aromatic carbocycles. The van der Waals surface area contributed by atoms with Crippen molar-refractivity contribution in [1.82, 2.24) is 5.32 Å². The van der Waals surface area contributed by atoms with Crippen LogP contribution in [0.1, 0.15) is 0 Å². The van der Waals surface area contributed by atoms with E-state index in [1.54, 1.807) is 23.5 Å². The van der Waals surface area contributed by atoms with Crippen molar-refractivity contribution in [1.29, 1.82) is 0 Å². The lowest BCUT2D eigenvalue weighted by Gasteiger charge is -2.12. The van der Waals surface area contributed by atoms with E-state index in [4.69, 9.17) is 4.74 Å². The molecule has 0 radical (unpaired) electrons. The Labute approximate surface area is 104 Å². The van der Waals surface area contributed by atoms with Gasteiger partial charge in [-0.2, -0.15) is 0 Å². The fraction of sp³-hybridized carbons (Fsp3) is 0.200. The highest BCUT2D eigenvalue weighted by Crippen LogP contribution is 2.46. The van der Waals surface area contributed by atoms with Crippen LogP contribution in [0.5, 0.6) is 5.75 Å². The van der Waals surface area contributed by atoms with E-state index in [2.05, 4.69) is 9.05 Å². The zero-order chi connectivity index (χ0) is 13.6.